The van der Waals surface area contributed by atoms with Gasteiger partial charge in [-0.2, -0.15) is 0 Å². The first-order valence-corrected chi connectivity index (χ1v) is 4.21. The summed E-state index contributed by atoms with van der Waals surface area (Å²) in [5.41, 5.74) is 5.61. The number of nitrogens with two attached hydrogens (primary N) is 1. The minimum absolute atomic E-state index is 0.000000000000000222. The molecule has 0 radical (unpaired) electrons. The van der Waals surface area contributed by atoms with Crippen LogP contribution in [0.3, 0.4) is 0 Å². The normalized spacial score (nSPS) is 15.4. The van der Waals surface area contributed by atoms with E-state index in [1.807, 2.05) is 0 Å². The van der Waals surface area contributed by atoms with Gasteiger partial charge in [-0.3, -0.25) is 4.79 Å². The van der Waals surface area contributed by atoms with Crippen LogP contribution in [0.5, 0.6) is 0 Å². The van der Waals surface area contributed by atoms with Crippen LogP contribution in [-0.2, 0) is 0 Å². The van der Waals surface area contributed by atoms with Crippen LogP contribution in [0.4, 0.5) is 4.79 Å². The molecule has 1 aromatic rings. The van der Waals surface area contributed by atoms with Crippen molar-refractivity contribution in [3.63, 3.8) is 0 Å². The maximum absolute atomic E-state index is 11.0. The molecule has 1 aromatic heterocycles. The van der Waals surface area contributed by atoms with Gasteiger partial charge in [0, 0.05) is 5.92 Å². The highest BCUT2D eigenvalue weighted by molar-refractivity contribution is 5.95. The van der Waals surface area contributed by atoms with Crippen LogP contribution in [0, 0.1) is 0 Å². The Kier molecular flexibility index (Phi) is 1.77. The average molecular weight is 195 g/mol. The Balaban J connectivity index is 2.51. The fraction of sp³-hybridized carbons (Fsp3) is 0.375. The topological polar surface area (TPSA) is 98.2 Å². The van der Waals surface area contributed by atoms with E-state index in [1.54, 1.807) is 0 Å². The average Bonchev–Trinajstić information content (AvgIpc) is 2.83. The number of carboxylic acid groups (broad SMARTS) is 1. The Bertz CT molecular complexity index is 406. The van der Waals surface area contributed by atoms with Crippen molar-refractivity contribution in [3.8, 4) is 0 Å². The van der Waals surface area contributed by atoms with E-state index in [0.29, 0.717) is 5.69 Å². The molecule has 0 bridgehead atoms. The van der Waals surface area contributed by atoms with Crippen LogP contribution < -0.4 is 5.73 Å². The number of nitrogens with zero attached hydrogens (tertiary/aromatic N) is 2. The van der Waals surface area contributed by atoms with Crippen molar-refractivity contribution in [2.45, 2.75) is 18.8 Å². The number of aromatic nitrogens is 2. The number of carbonyl (C=O) groups excluding carboxylic acids is 1. The Labute approximate surface area is 79.3 Å². The zero-order chi connectivity index (χ0) is 10.3. The minimum Gasteiger partial charge on any atom is -0.464 e. The second-order valence-corrected chi connectivity index (χ2v) is 3.27. The number of imidazole rings is 1. The summed E-state index contributed by atoms with van der Waals surface area (Å²) in [5, 5.41) is 8.75. The first kappa shape index (κ1) is 8.74. The molecule has 74 valence electrons. The zero-order valence-corrected chi connectivity index (χ0v) is 7.30. The van der Waals surface area contributed by atoms with Gasteiger partial charge < -0.3 is 10.8 Å². The molecule has 6 heteroatoms. The predicted octanol–water partition coefficient (Wildman–Crippen LogP) is 0.385. The van der Waals surface area contributed by atoms with Crippen molar-refractivity contribution < 1.29 is 14.7 Å². The maximum Gasteiger partial charge on any atom is 0.417 e. The molecule has 0 atom stereocenters. The lowest BCUT2D eigenvalue weighted by Crippen LogP contribution is -2.21. The molecular formula is C8H9N3O3. The van der Waals surface area contributed by atoms with E-state index < -0.39 is 12.0 Å². The van der Waals surface area contributed by atoms with Gasteiger partial charge in [0.15, 0.2) is 0 Å². The number of hydrogen-bond acceptors (Lipinski definition) is 3. The number of hydrogen-bond donors (Lipinski definition) is 2. The van der Waals surface area contributed by atoms with E-state index in [1.165, 1.54) is 0 Å². The highest BCUT2D eigenvalue weighted by Gasteiger charge is 2.32. The molecule has 0 aliphatic heterocycles. The van der Waals surface area contributed by atoms with E-state index >= 15 is 0 Å². The summed E-state index contributed by atoms with van der Waals surface area (Å²) in [4.78, 5) is 25.6. The fourth-order valence-electron chi connectivity index (χ4n) is 1.41. The van der Waals surface area contributed by atoms with E-state index in [9.17, 15) is 9.59 Å². The monoisotopic (exact) mass is 195 g/mol. The van der Waals surface area contributed by atoms with Crippen LogP contribution in [0.1, 0.15) is 34.9 Å². The van der Waals surface area contributed by atoms with Gasteiger partial charge in [0.25, 0.3) is 5.91 Å². The summed E-state index contributed by atoms with van der Waals surface area (Å²) in [5.74, 6) is -0.537. The smallest absolute Gasteiger partial charge is 0.417 e. The molecule has 1 saturated carbocycles. The second-order valence-electron chi connectivity index (χ2n) is 3.27. The van der Waals surface area contributed by atoms with Gasteiger partial charge >= 0.3 is 6.09 Å². The van der Waals surface area contributed by atoms with Gasteiger partial charge in [0.2, 0.25) is 0 Å². The van der Waals surface area contributed by atoms with Crippen molar-refractivity contribution >= 4 is 12.0 Å². The maximum atomic E-state index is 11.0. The molecule has 0 spiro atoms. The number of rotatable bonds is 2. The first-order chi connectivity index (χ1) is 6.61. The highest BCUT2D eigenvalue weighted by Crippen LogP contribution is 2.40. The Morgan fingerprint density at radius 1 is 1.57 bits per heavy atom. The molecule has 3 N–H and O–H groups in total. The Morgan fingerprint density at radius 2 is 2.21 bits per heavy atom. The molecule has 1 aliphatic rings. The van der Waals surface area contributed by atoms with Crippen molar-refractivity contribution in [2.75, 3.05) is 0 Å². The zero-order valence-electron chi connectivity index (χ0n) is 7.30. The van der Waals surface area contributed by atoms with E-state index in [4.69, 9.17) is 10.8 Å². The molecule has 0 aromatic carbocycles. The lowest BCUT2D eigenvalue weighted by atomic mass is 10.2. The standard InChI is InChI=1S/C8H9N3O3/c9-7(12)6-5(4-1-2-4)10-3-11(6)8(13)14/h3-4H,1-2H2,(H2,9,12)(H,13,14). The van der Waals surface area contributed by atoms with Crippen molar-refractivity contribution in [1.29, 1.82) is 0 Å². The van der Waals surface area contributed by atoms with E-state index in [0.717, 1.165) is 23.7 Å². The summed E-state index contributed by atoms with van der Waals surface area (Å²) in [7, 11) is 0. The Morgan fingerprint density at radius 3 is 2.64 bits per heavy atom. The van der Waals surface area contributed by atoms with Crippen molar-refractivity contribution in [2.24, 2.45) is 5.73 Å². The molecular weight excluding hydrogens is 186 g/mol. The molecule has 2 rings (SSSR count). The van der Waals surface area contributed by atoms with Crippen LogP contribution in [0.2, 0.25) is 0 Å². The van der Waals surface area contributed by atoms with Crippen LogP contribution in [-0.4, -0.2) is 26.7 Å². The van der Waals surface area contributed by atoms with E-state index in [2.05, 4.69) is 4.98 Å². The van der Waals surface area contributed by atoms with Crippen molar-refractivity contribution in [3.05, 3.63) is 17.7 Å². The fourth-order valence-corrected chi connectivity index (χ4v) is 1.41. The quantitative estimate of drug-likeness (QED) is 0.712. The first-order valence-electron chi connectivity index (χ1n) is 4.21. The summed E-state index contributed by atoms with van der Waals surface area (Å²) >= 11 is 0. The van der Waals surface area contributed by atoms with Gasteiger partial charge in [-0.15, -0.1) is 0 Å². The third-order valence-electron chi connectivity index (χ3n) is 2.20. The largest absolute Gasteiger partial charge is 0.464 e. The summed E-state index contributed by atoms with van der Waals surface area (Å²) in [6, 6.07) is 0. The van der Waals surface area contributed by atoms with Crippen LogP contribution in [0.15, 0.2) is 6.33 Å². The summed E-state index contributed by atoms with van der Waals surface area (Å²) in [6.07, 6.45) is 1.77. The molecule has 1 fully saturated rings. The molecule has 14 heavy (non-hydrogen) atoms. The SMILES string of the molecule is NC(=O)c1c(C2CC2)ncn1C(=O)O. The van der Waals surface area contributed by atoms with Gasteiger partial charge in [-0.1, -0.05) is 0 Å². The lowest BCUT2D eigenvalue weighted by Gasteiger charge is -2.00. The number of amides is 1. The third-order valence-corrected chi connectivity index (χ3v) is 2.20. The van der Waals surface area contributed by atoms with Gasteiger partial charge in [0.1, 0.15) is 12.0 Å². The number of primary amides is 1. The van der Waals surface area contributed by atoms with Gasteiger partial charge in [-0.05, 0) is 12.8 Å². The molecule has 1 aliphatic carbocycles. The summed E-state index contributed by atoms with van der Waals surface area (Å²) in [6.45, 7) is 0. The summed E-state index contributed by atoms with van der Waals surface area (Å²) < 4.78 is 0.774. The minimum atomic E-state index is -1.24. The Hall–Kier alpha value is -1.85. The highest BCUT2D eigenvalue weighted by atomic mass is 16.4. The van der Waals surface area contributed by atoms with Crippen molar-refractivity contribution in [1.82, 2.24) is 9.55 Å². The molecule has 0 saturated heterocycles. The second kappa shape index (κ2) is 2.83. The predicted molar refractivity (Wildman–Crippen MR) is 46.1 cm³/mol. The van der Waals surface area contributed by atoms with Gasteiger partial charge in [0.05, 0.1) is 5.69 Å². The molecule has 1 heterocycles. The molecule has 6 nitrogen and oxygen atoms in total. The third kappa shape index (κ3) is 1.24. The van der Waals surface area contributed by atoms with Crippen LogP contribution in [0.25, 0.3) is 0 Å². The van der Waals surface area contributed by atoms with E-state index in [-0.39, 0.29) is 11.6 Å². The molecule has 1 amide bonds. The van der Waals surface area contributed by atoms with Gasteiger partial charge in [-0.25, -0.2) is 14.3 Å². The molecule has 0 unspecified atom stereocenters. The number of carbonyl (C=O) groups is 2. The van der Waals surface area contributed by atoms with Crippen LogP contribution >= 0.6 is 0 Å². The lowest BCUT2D eigenvalue weighted by molar-refractivity contribution is 0.0988.